The molecule has 102 valence electrons. The highest BCUT2D eigenvalue weighted by Gasteiger charge is 2.27. The van der Waals surface area contributed by atoms with Crippen molar-refractivity contribution in [2.24, 2.45) is 0 Å². The minimum absolute atomic E-state index is 0.301. The normalized spacial score (nSPS) is 23.0. The van der Waals surface area contributed by atoms with Gasteiger partial charge in [-0.2, -0.15) is 21.4 Å². The number of nitrogens with one attached hydrogen (secondary N) is 2. The van der Waals surface area contributed by atoms with Crippen molar-refractivity contribution in [2.75, 3.05) is 11.1 Å². The average Bonchev–Trinajstić information content (AvgIpc) is 2.99. The molecule has 0 amide bonds. The lowest BCUT2D eigenvalue weighted by Crippen LogP contribution is -2.27. The molecule has 0 aromatic carbocycles. The Labute approximate surface area is 115 Å². The summed E-state index contributed by atoms with van der Waals surface area (Å²) in [5.41, 5.74) is 0.242. The van der Waals surface area contributed by atoms with Gasteiger partial charge in [0.25, 0.3) is 0 Å². The predicted octanol–water partition coefficient (Wildman–Crippen LogP) is 1.50. The molecule has 0 bridgehead atoms. The van der Waals surface area contributed by atoms with Crippen molar-refractivity contribution in [3.8, 4) is 0 Å². The van der Waals surface area contributed by atoms with Crippen LogP contribution in [0.3, 0.4) is 0 Å². The zero-order valence-electron chi connectivity index (χ0n) is 10.8. The molecule has 19 heavy (non-hydrogen) atoms. The van der Waals surface area contributed by atoms with E-state index in [4.69, 9.17) is 0 Å². The first-order valence-electron chi connectivity index (χ1n) is 6.60. The van der Waals surface area contributed by atoms with E-state index in [9.17, 15) is 4.79 Å². The lowest BCUT2D eigenvalue weighted by molar-refractivity contribution is 0.751. The van der Waals surface area contributed by atoms with E-state index in [0.29, 0.717) is 16.9 Å². The molecule has 2 aromatic rings. The van der Waals surface area contributed by atoms with Gasteiger partial charge in [0, 0.05) is 11.3 Å². The summed E-state index contributed by atoms with van der Waals surface area (Å²) in [6, 6.07) is 4.11. The molecular weight excluding hydrogens is 262 g/mol. The van der Waals surface area contributed by atoms with Gasteiger partial charge in [0.05, 0.1) is 0 Å². The number of anilines is 1. The van der Waals surface area contributed by atoms with E-state index < -0.39 is 0 Å². The Bertz CT molecular complexity index is 622. The van der Waals surface area contributed by atoms with Gasteiger partial charge < -0.3 is 5.32 Å². The first-order valence-corrected chi connectivity index (χ1v) is 7.65. The minimum atomic E-state index is -0.301. The first kappa shape index (κ1) is 12.5. The Morgan fingerprint density at radius 1 is 1.53 bits per heavy atom. The molecule has 2 aromatic heterocycles. The molecule has 2 unspecified atom stereocenters. The quantitative estimate of drug-likeness (QED) is 0.887. The summed E-state index contributed by atoms with van der Waals surface area (Å²) in [5, 5.41) is 14.6. The molecule has 0 aliphatic heterocycles. The van der Waals surface area contributed by atoms with E-state index >= 15 is 0 Å². The van der Waals surface area contributed by atoms with Gasteiger partial charge in [-0.3, -0.25) is 0 Å². The van der Waals surface area contributed by atoms with Crippen LogP contribution in [0.5, 0.6) is 0 Å². The second-order valence-electron chi connectivity index (χ2n) is 4.69. The Kier molecular flexibility index (Phi) is 3.46. The van der Waals surface area contributed by atoms with E-state index in [1.165, 1.54) is 17.4 Å². The maximum absolute atomic E-state index is 11.5. The second-order valence-corrected chi connectivity index (χ2v) is 6.21. The van der Waals surface area contributed by atoms with Crippen molar-refractivity contribution in [1.82, 2.24) is 19.8 Å². The van der Waals surface area contributed by atoms with Crippen LogP contribution in [0.4, 0.5) is 5.82 Å². The van der Waals surface area contributed by atoms with Crippen molar-refractivity contribution < 1.29 is 0 Å². The largest absolute Gasteiger partial charge is 0.365 e. The highest BCUT2D eigenvalue weighted by molar-refractivity contribution is 7.99. The topological polar surface area (TPSA) is 75.1 Å². The maximum atomic E-state index is 11.5. The minimum Gasteiger partial charge on any atom is -0.365 e. The third kappa shape index (κ3) is 2.47. The van der Waals surface area contributed by atoms with Gasteiger partial charge in [0.1, 0.15) is 5.82 Å². The monoisotopic (exact) mass is 279 g/mol. The van der Waals surface area contributed by atoms with Crippen LogP contribution < -0.4 is 11.0 Å². The fraction of sp³-hybridized carbons (Fsp3) is 0.583. The van der Waals surface area contributed by atoms with Crippen LogP contribution in [-0.4, -0.2) is 36.9 Å². The second kappa shape index (κ2) is 5.24. The third-order valence-electron chi connectivity index (χ3n) is 3.44. The van der Waals surface area contributed by atoms with Crippen molar-refractivity contribution in [2.45, 2.75) is 37.5 Å². The van der Waals surface area contributed by atoms with Gasteiger partial charge in [-0.25, -0.2) is 9.89 Å². The Hall–Kier alpha value is -1.50. The molecule has 1 fully saturated rings. The van der Waals surface area contributed by atoms with Gasteiger partial charge in [-0.05, 0) is 30.7 Å². The first-order chi connectivity index (χ1) is 9.28. The van der Waals surface area contributed by atoms with E-state index in [2.05, 4.69) is 27.5 Å². The Morgan fingerprint density at radius 2 is 2.42 bits per heavy atom. The molecule has 2 N–H and O–H groups in total. The van der Waals surface area contributed by atoms with Crippen LogP contribution in [0.25, 0.3) is 5.65 Å². The average molecular weight is 279 g/mol. The van der Waals surface area contributed by atoms with Crippen LogP contribution in [0, 0.1) is 0 Å². The predicted molar refractivity (Wildman–Crippen MR) is 76.8 cm³/mol. The lowest BCUT2D eigenvalue weighted by Gasteiger charge is -2.20. The number of hydrogen-bond donors (Lipinski definition) is 2. The van der Waals surface area contributed by atoms with E-state index in [0.717, 1.165) is 18.0 Å². The van der Waals surface area contributed by atoms with E-state index in [-0.39, 0.29) is 5.69 Å². The smallest absolute Gasteiger partial charge is 0.364 e. The highest BCUT2D eigenvalue weighted by atomic mass is 32.2. The maximum Gasteiger partial charge on any atom is 0.364 e. The molecule has 2 heterocycles. The summed E-state index contributed by atoms with van der Waals surface area (Å²) in [6.07, 6.45) is 3.67. The van der Waals surface area contributed by atoms with Crippen LogP contribution in [0.1, 0.15) is 26.2 Å². The van der Waals surface area contributed by atoms with Crippen molar-refractivity contribution in [3.05, 3.63) is 22.6 Å². The number of aromatic amines is 1. The number of nitrogens with zero attached hydrogens (tertiary/aromatic N) is 3. The third-order valence-corrected chi connectivity index (χ3v) is 4.77. The summed E-state index contributed by atoms with van der Waals surface area (Å²) in [7, 11) is 0. The van der Waals surface area contributed by atoms with Crippen molar-refractivity contribution in [3.63, 3.8) is 0 Å². The summed E-state index contributed by atoms with van der Waals surface area (Å²) >= 11 is 2.00. The van der Waals surface area contributed by atoms with E-state index in [1.54, 1.807) is 6.07 Å². The number of rotatable bonds is 4. The molecule has 3 rings (SSSR count). The number of thioether (sulfide) groups is 1. The fourth-order valence-electron chi connectivity index (χ4n) is 2.57. The standard InChI is InChI=1S/C12H17N5OS/c1-2-19-9-5-3-4-8(9)13-10-6-7-11-14-15-12(18)17(11)16-10/h6-9H,2-5H2,1H3,(H,13,16)(H,15,18). The molecule has 6 nitrogen and oxygen atoms in total. The molecular formula is C12H17N5OS. The number of aromatic nitrogens is 4. The van der Waals surface area contributed by atoms with Crippen molar-refractivity contribution in [1.29, 1.82) is 0 Å². The molecule has 0 saturated heterocycles. The number of H-pyrrole nitrogens is 1. The zero-order chi connectivity index (χ0) is 13.2. The zero-order valence-corrected chi connectivity index (χ0v) is 11.6. The molecule has 1 saturated carbocycles. The summed E-state index contributed by atoms with van der Waals surface area (Å²) < 4.78 is 1.29. The van der Waals surface area contributed by atoms with Crippen LogP contribution >= 0.6 is 11.8 Å². The van der Waals surface area contributed by atoms with Crippen LogP contribution in [0.2, 0.25) is 0 Å². The van der Waals surface area contributed by atoms with Gasteiger partial charge in [-0.1, -0.05) is 13.3 Å². The molecule has 1 aliphatic rings. The fourth-order valence-corrected chi connectivity index (χ4v) is 3.77. The van der Waals surface area contributed by atoms with Gasteiger partial charge >= 0.3 is 5.69 Å². The lowest BCUT2D eigenvalue weighted by atomic mass is 10.2. The highest BCUT2D eigenvalue weighted by Crippen LogP contribution is 2.31. The van der Waals surface area contributed by atoms with Crippen molar-refractivity contribution >= 4 is 23.2 Å². The molecule has 2 atom stereocenters. The van der Waals surface area contributed by atoms with Crippen LogP contribution in [-0.2, 0) is 0 Å². The molecule has 7 heteroatoms. The summed E-state index contributed by atoms with van der Waals surface area (Å²) in [4.78, 5) is 11.5. The number of hydrogen-bond acceptors (Lipinski definition) is 5. The molecule has 0 spiro atoms. The number of fused-ring (bicyclic) bond motifs is 1. The van der Waals surface area contributed by atoms with Crippen LogP contribution in [0.15, 0.2) is 16.9 Å². The SMILES string of the molecule is CCSC1CCCC1Nc1ccc2n[nH]c(=O)n2n1. The Balaban J connectivity index is 1.80. The molecule has 1 aliphatic carbocycles. The Morgan fingerprint density at radius 3 is 3.26 bits per heavy atom. The van der Waals surface area contributed by atoms with Gasteiger partial charge in [0.15, 0.2) is 5.65 Å². The van der Waals surface area contributed by atoms with Gasteiger partial charge in [0.2, 0.25) is 0 Å². The van der Waals surface area contributed by atoms with E-state index in [1.807, 2.05) is 17.8 Å². The molecule has 0 radical (unpaired) electrons. The summed E-state index contributed by atoms with van der Waals surface area (Å²) in [6.45, 7) is 2.19. The van der Waals surface area contributed by atoms with Gasteiger partial charge in [-0.15, -0.1) is 5.10 Å². The summed E-state index contributed by atoms with van der Waals surface area (Å²) in [5.74, 6) is 1.88.